The fraction of sp³-hybridized carbons (Fsp3) is 0.556. The van der Waals surface area contributed by atoms with E-state index in [2.05, 4.69) is 19.2 Å². The summed E-state index contributed by atoms with van der Waals surface area (Å²) in [6, 6.07) is 3.99. The highest BCUT2D eigenvalue weighted by atomic mass is 16.6. The number of hydrogen-bond acceptors (Lipinski definition) is 4. The maximum Gasteiger partial charge on any atom is 0.344 e. The van der Waals surface area contributed by atoms with E-state index in [1.807, 2.05) is 32.9 Å². The Balaban J connectivity index is 2.34. The molecule has 23 heavy (non-hydrogen) atoms. The zero-order chi connectivity index (χ0) is 17.4. The Hall–Kier alpha value is -2.04. The van der Waals surface area contributed by atoms with Crippen LogP contribution in [-0.4, -0.2) is 31.6 Å². The monoisotopic (exact) mass is 321 g/mol. The van der Waals surface area contributed by atoms with Gasteiger partial charge in [-0.2, -0.15) is 0 Å². The molecule has 1 rings (SSSR count). The molecule has 1 aromatic rings. The van der Waals surface area contributed by atoms with Gasteiger partial charge in [0.2, 0.25) is 0 Å². The molecule has 0 fully saturated rings. The summed E-state index contributed by atoms with van der Waals surface area (Å²) in [5.74, 6) is 0.367. The average Bonchev–Trinajstić information content (AvgIpc) is 2.43. The molecular formula is C18H27NO4. The lowest BCUT2D eigenvalue weighted by molar-refractivity contribution is -0.150. The molecule has 0 radical (unpaired) electrons. The van der Waals surface area contributed by atoms with Gasteiger partial charge in [-0.1, -0.05) is 31.5 Å². The summed E-state index contributed by atoms with van der Waals surface area (Å²) in [6.07, 6.45) is 0.898. The molecule has 128 valence electrons. The minimum Gasteiger partial charge on any atom is -0.481 e. The van der Waals surface area contributed by atoms with Gasteiger partial charge in [-0.15, -0.1) is 0 Å². The third-order valence-electron chi connectivity index (χ3n) is 3.35. The third-order valence-corrected chi connectivity index (χ3v) is 3.35. The predicted octanol–water partition coefficient (Wildman–Crippen LogP) is 2.70. The Morgan fingerprint density at radius 3 is 2.26 bits per heavy atom. The zero-order valence-corrected chi connectivity index (χ0v) is 14.7. The quantitative estimate of drug-likeness (QED) is 0.748. The average molecular weight is 321 g/mol. The molecule has 1 amide bonds. The van der Waals surface area contributed by atoms with E-state index in [4.69, 9.17) is 9.47 Å². The van der Waals surface area contributed by atoms with Gasteiger partial charge in [-0.05, 0) is 44.2 Å². The third kappa shape index (κ3) is 7.17. The second-order valence-electron chi connectivity index (χ2n) is 6.21. The van der Waals surface area contributed by atoms with Crippen LogP contribution in [0.1, 0.15) is 37.0 Å². The highest BCUT2D eigenvalue weighted by molar-refractivity contribution is 5.80. The first-order valence-electron chi connectivity index (χ1n) is 7.92. The lowest BCUT2D eigenvalue weighted by Crippen LogP contribution is -2.31. The van der Waals surface area contributed by atoms with Gasteiger partial charge in [0, 0.05) is 6.54 Å². The van der Waals surface area contributed by atoms with E-state index >= 15 is 0 Å². The van der Waals surface area contributed by atoms with Crippen molar-refractivity contribution in [3.05, 3.63) is 28.8 Å². The van der Waals surface area contributed by atoms with Crippen LogP contribution in [0.4, 0.5) is 0 Å². The molecule has 0 spiro atoms. The zero-order valence-electron chi connectivity index (χ0n) is 14.7. The Morgan fingerprint density at radius 2 is 1.70 bits per heavy atom. The highest BCUT2D eigenvalue weighted by Gasteiger charge is 2.11. The smallest absolute Gasteiger partial charge is 0.344 e. The topological polar surface area (TPSA) is 64.6 Å². The van der Waals surface area contributed by atoms with Crippen LogP contribution in [-0.2, 0) is 14.3 Å². The van der Waals surface area contributed by atoms with Crippen LogP contribution >= 0.6 is 0 Å². The molecule has 0 aliphatic carbocycles. The minimum absolute atomic E-state index is 0.204. The fourth-order valence-corrected chi connectivity index (χ4v) is 2.26. The van der Waals surface area contributed by atoms with Crippen LogP contribution in [0.5, 0.6) is 5.75 Å². The summed E-state index contributed by atoms with van der Waals surface area (Å²) in [5.41, 5.74) is 3.09. The van der Waals surface area contributed by atoms with E-state index in [9.17, 15) is 9.59 Å². The van der Waals surface area contributed by atoms with E-state index in [1.54, 1.807) is 0 Å². The minimum atomic E-state index is -0.552. The lowest BCUT2D eigenvalue weighted by atomic mass is 10.1. The van der Waals surface area contributed by atoms with Crippen LogP contribution in [0.2, 0.25) is 0 Å². The van der Waals surface area contributed by atoms with Gasteiger partial charge in [0.25, 0.3) is 5.91 Å². The standard InChI is InChI=1S/C18H27NO4/c1-12(2)6-7-19-16(20)10-22-17(21)11-23-18-14(4)8-13(3)9-15(18)5/h8-9,12H,6-7,10-11H2,1-5H3,(H,19,20). The number of aryl methyl sites for hydroxylation is 3. The van der Waals surface area contributed by atoms with Crippen molar-refractivity contribution in [3.63, 3.8) is 0 Å². The molecule has 0 aromatic heterocycles. The first-order valence-corrected chi connectivity index (χ1v) is 7.92. The maximum atomic E-state index is 11.7. The van der Waals surface area contributed by atoms with Crippen molar-refractivity contribution < 1.29 is 19.1 Å². The van der Waals surface area contributed by atoms with Crippen LogP contribution in [0.3, 0.4) is 0 Å². The number of hydrogen-bond donors (Lipinski definition) is 1. The molecule has 5 nitrogen and oxygen atoms in total. The lowest BCUT2D eigenvalue weighted by Gasteiger charge is -2.13. The number of rotatable bonds is 8. The van der Waals surface area contributed by atoms with E-state index in [0.29, 0.717) is 18.2 Å². The van der Waals surface area contributed by atoms with Crippen LogP contribution in [0.15, 0.2) is 12.1 Å². The summed E-state index contributed by atoms with van der Waals surface area (Å²) in [7, 11) is 0. The van der Waals surface area contributed by atoms with Crippen molar-refractivity contribution in [2.45, 2.75) is 41.0 Å². The molecule has 0 aliphatic heterocycles. The molecule has 0 unspecified atom stereocenters. The molecule has 5 heteroatoms. The number of esters is 1. The van der Waals surface area contributed by atoms with Gasteiger partial charge >= 0.3 is 5.97 Å². The first-order chi connectivity index (χ1) is 10.8. The largest absolute Gasteiger partial charge is 0.481 e. The Morgan fingerprint density at radius 1 is 1.09 bits per heavy atom. The number of amides is 1. The molecule has 1 aromatic carbocycles. The predicted molar refractivity (Wildman–Crippen MR) is 89.6 cm³/mol. The fourth-order valence-electron chi connectivity index (χ4n) is 2.26. The van der Waals surface area contributed by atoms with Gasteiger partial charge in [-0.3, -0.25) is 4.79 Å². The second-order valence-corrected chi connectivity index (χ2v) is 6.21. The van der Waals surface area contributed by atoms with Crippen LogP contribution in [0, 0.1) is 26.7 Å². The number of ether oxygens (including phenoxy) is 2. The molecule has 0 saturated heterocycles. The van der Waals surface area contributed by atoms with Crippen molar-refractivity contribution >= 4 is 11.9 Å². The normalized spacial score (nSPS) is 10.5. The summed E-state index contributed by atoms with van der Waals surface area (Å²) < 4.78 is 10.4. The Kier molecular flexibility index (Phi) is 7.59. The van der Waals surface area contributed by atoms with Gasteiger partial charge < -0.3 is 14.8 Å². The van der Waals surface area contributed by atoms with Crippen molar-refractivity contribution in [3.8, 4) is 5.75 Å². The molecule has 0 aliphatic rings. The summed E-state index contributed by atoms with van der Waals surface area (Å²) in [6.45, 7) is 10.2. The maximum absolute atomic E-state index is 11.7. The number of nitrogens with one attached hydrogen (secondary N) is 1. The summed E-state index contributed by atoms with van der Waals surface area (Å²) >= 11 is 0. The van der Waals surface area contributed by atoms with E-state index in [-0.39, 0.29) is 19.1 Å². The van der Waals surface area contributed by atoms with Crippen molar-refractivity contribution in [2.24, 2.45) is 5.92 Å². The number of carbonyl (C=O) groups excluding carboxylic acids is 2. The van der Waals surface area contributed by atoms with Crippen molar-refractivity contribution in [2.75, 3.05) is 19.8 Å². The van der Waals surface area contributed by atoms with E-state index < -0.39 is 5.97 Å². The van der Waals surface area contributed by atoms with Crippen LogP contribution < -0.4 is 10.1 Å². The molecule has 1 N–H and O–H groups in total. The second kappa shape index (κ2) is 9.18. The number of carbonyl (C=O) groups is 2. The molecular weight excluding hydrogens is 294 g/mol. The highest BCUT2D eigenvalue weighted by Crippen LogP contribution is 2.24. The Labute approximate surface area is 138 Å². The first kappa shape index (κ1) is 19.0. The molecule has 0 heterocycles. The molecule has 0 atom stereocenters. The van der Waals surface area contributed by atoms with Crippen molar-refractivity contribution in [1.29, 1.82) is 0 Å². The van der Waals surface area contributed by atoms with E-state index in [0.717, 1.165) is 23.1 Å². The number of benzene rings is 1. The molecule has 0 bridgehead atoms. The SMILES string of the molecule is Cc1cc(C)c(OCC(=O)OCC(=O)NCCC(C)C)c(C)c1. The Bertz CT molecular complexity index is 529. The van der Waals surface area contributed by atoms with E-state index in [1.165, 1.54) is 0 Å². The van der Waals surface area contributed by atoms with Crippen LogP contribution in [0.25, 0.3) is 0 Å². The van der Waals surface area contributed by atoms with Gasteiger partial charge in [0.15, 0.2) is 13.2 Å². The summed E-state index contributed by atoms with van der Waals surface area (Å²) in [5, 5.41) is 2.71. The summed E-state index contributed by atoms with van der Waals surface area (Å²) in [4.78, 5) is 23.2. The molecule has 0 saturated carbocycles. The van der Waals surface area contributed by atoms with Gasteiger partial charge in [-0.25, -0.2) is 4.79 Å². The van der Waals surface area contributed by atoms with Gasteiger partial charge in [0.1, 0.15) is 5.75 Å². The van der Waals surface area contributed by atoms with Crippen molar-refractivity contribution in [1.82, 2.24) is 5.32 Å². The van der Waals surface area contributed by atoms with Gasteiger partial charge in [0.05, 0.1) is 0 Å².